The smallest absolute Gasteiger partial charge is 0.408 e. The first-order valence-corrected chi connectivity index (χ1v) is 39.5. The fourth-order valence-corrected chi connectivity index (χ4v) is 18.6. The van der Waals surface area contributed by atoms with Gasteiger partial charge in [-0.25, -0.2) is 4.79 Å². The SMILES string of the molecule is CC(=O)[C@H](CO)NC(=O)OC(C)(C)C.CC(C)[C@@]12CCC[C@H]1[C@@H]1CC=C3C[C@@H](O)CC[C@]3(C)[C@H]1CC2.CC1(C)C[C@H]2OC(CO)[C@@H]3OC(C)(C)O[C@@H]3C2O1.CC1[C@@H](C)[C@H](C)C(CO)O[C@@H]1C.CC1[C@@H](C)[C@H](O)C(COCc2ccccc2)O[C@@H]1C.CC1[C@@H](O)[C@@H]2OC(c3ccccc3)OCC2O[C@@H]1C. The lowest BCUT2D eigenvalue weighted by Gasteiger charge is -2.59. The molecule has 0 radical (unpaired) electrons. The van der Waals surface area contributed by atoms with E-state index in [2.05, 4.69) is 94.5 Å². The van der Waals surface area contributed by atoms with Gasteiger partial charge in [0.1, 0.15) is 54.4 Å². The van der Waals surface area contributed by atoms with Crippen LogP contribution < -0.4 is 5.32 Å². The Morgan fingerprint density at radius 2 is 1.24 bits per heavy atom. The van der Waals surface area contributed by atoms with E-state index in [4.69, 9.17) is 62.3 Å². The summed E-state index contributed by atoms with van der Waals surface area (Å²) >= 11 is 0. The van der Waals surface area contributed by atoms with E-state index >= 15 is 0 Å². The van der Waals surface area contributed by atoms with Crippen LogP contribution in [0.3, 0.4) is 0 Å². The van der Waals surface area contributed by atoms with Crippen molar-refractivity contribution in [3.8, 4) is 0 Å². The topological polar surface area (TPSA) is 269 Å². The lowest BCUT2D eigenvalue weighted by atomic mass is 9.46. The molecular formula is C84H137NO19. The van der Waals surface area contributed by atoms with Gasteiger partial charge in [-0.2, -0.15) is 0 Å². The molecule has 20 nitrogen and oxygen atoms in total. The molecule has 104 heavy (non-hydrogen) atoms. The van der Waals surface area contributed by atoms with Gasteiger partial charge in [-0.1, -0.05) is 141 Å². The molecule has 0 spiro atoms. The molecule has 7 saturated heterocycles. The molecule has 0 bridgehead atoms. The van der Waals surface area contributed by atoms with E-state index in [0.29, 0.717) is 54.3 Å². The van der Waals surface area contributed by atoms with E-state index in [1.165, 1.54) is 51.9 Å². The number of aliphatic hydroxyl groups is 6. The Balaban J connectivity index is 0.000000160. The van der Waals surface area contributed by atoms with E-state index in [1.807, 2.05) is 88.4 Å². The Hall–Kier alpha value is -3.52. The third-order valence-electron chi connectivity index (χ3n) is 25.9. The zero-order chi connectivity index (χ0) is 76.6. The van der Waals surface area contributed by atoms with Crippen molar-refractivity contribution >= 4 is 11.9 Å². The molecular weight excluding hydrogens is 1330 g/mol. The van der Waals surface area contributed by atoms with Crippen LogP contribution in [0.4, 0.5) is 4.79 Å². The molecule has 7 aliphatic heterocycles. The van der Waals surface area contributed by atoms with Crippen LogP contribution in [0, 0.1) is 70.0 Å². The molecule has 0 aromatic heterocycles. The highest BCUT2D eigenvalue weighted by molar-refractivity contribution is 5.85. The third-order valence-corrected chi connectivity index (χ3v) is 25.9. The molecule has 7 N–H and O–H groups in total. The summed E-state index contributed by atoms with van der Waals surface area (Å²) in [5.41, 5.74) is 3.98. The Labute approximate surface area is 623 Å². The van der Waals surface area contributed by atoms with Crippen molar-refractivity contribution in [3.05, 3.63) is 83.4 Å². The standard InChI is InChI=1S/C21H34O.C16H24O3.C15H20O4.C13H22O5.C10H20O2.C9H17NO4/c1-14(2)21-10-4-5-19(21)17-7-6-15-13-16(22)8-11-20(15,3)18(17)9-12-21;1-11-12(2)16(17)15(19-13(11)3)10-18-9-14-7-5-4-6-8-14;1-9-10(2)18-12-8-17-15(19-14(12)13(9)16)11-6-4-3-5-7-11;1-12(2)5-7-9(16-12)11-10(8(6-14)15-7)17-13(3,4)18-11;1-6-7(2)9(4)12-10(5-11)8(6)3;1-6(12)7(5-11)10-8(13)14-9(2,3)4/h6,14,16-19,22H,4-5,7-13H2,1-3H3;4-8,11-13,15-17H,9-10H2,1-3H3;3-7,9-10,12-16H,8H2,1-2H3;7-11,14H,5-6H2,1-4H3;6-11H,5H2,1-4H3;7,11H,5H2,1-4H3,(H,10,13)/t16-,17+,18-,19-,20-,21-;11?,12-,13-,15?,16+;9?,10-,12?,13-,14-,15?;7-,8?,9?,10+,11-;6-,7?,8+,9-,10?;7-/m011110/s1. The summed E-state index contributed by atoms with van der Waals surface area (Å²) in [7, 11) is 0. The Kier molecular flexibility index (Phi) is 30.6. The molecule has 3 saturated carbocycles. The van der Waals surface area contributed by atoms with Gasteiger partial charge < -0.3 is 88.1 Å². The summed E-state index contributed by atoms with van der Waals surface area (Å²) in [5, 5.41) is 60.2. The Morgan fingerprint density at radius 3 is 1.86 bits per heavy atom. The van der Waals surface area contributed by atoms with Crippen molar-refractivity contribution in [2.24, 2.45) is 70.0 Å². The molecule has 1 amide bonds. The van der Waals surface area contributed by atoms with E-state index in [1.54, 1.807) is 26.3 Å². The van der Waals surface area contributed by atoms with E-state index in [9.17, 15) is 30.0 Å². The molecule has 9 unspecified atom stereocenters. The van der Waals surface area contributed by atoms with Crippen LogP contribution in [0.5, 0.6) is 0 Å². The zero-order valence-corrected chi connectivity index (χ0v) is 66.7. The molecule has 2 aromatic carbocycles. The quantitative estimate of drug-likeness (QED) is 0.103. The first-order chi connectivity index (χ1) is 48.9. The van der Waals surface area contributed by atoms with E-state index in [0.717, 1.165) is 54.1 Å². The number of alkyl carbamates (subject to hydrolysis) is 1. The van der Waals surface area contributed by atoms with Crippen molar-refractivity contribution in [3.63, 3.8) is 0 Å². The monoisotopic (exact) mass is 1460 g/mol. The maximum atomic E-state index is 11.1. The number of hydrogen-bond acceptors (Lipinski definition) is 19. The summed E-state index contributed by atoms with van der Waals surface area (Å²) in [6, 6.07) is 19.0. The number of rotatable bonds is 11. The summed E-state index contributed by atoms with van der Waals surface area (Å²) in [6.45, 7) is 41.9. The van der Waals surface area contributed by atoms with Crippen molar-refractivity contribution in [2.45, 2.75) is 330 Å². The number of allylic oxidation sites excluding steroid dienone is 1. The highest BCUT2D eigenvalue weighted by atomic mass is 16.8. The number of aliphatic hydroxyl groups excluding tert-OH is 6. The van der Waals surface area contributed by atoms with Crippen molar-refractivity contribution in [1.29, 1.82) is 0 Å². The number of ether oxygens (including phenoxy) is 11. The number of amides is 1. The molecule has 10 fully saturated rings. The second-order valence-corrected chi connectivity index (χ2v) is 35.1. The van der Waals surface area contributed by atoms with Crippen LogP contribution in [0.25, 0.3) is 0 Å². The fraction of sp³-hybridized carbons (Fsp3) is 0.810. The minimum absolute atomic E-state index is 0.0177. The first-order valence-electron chi connectivity index (χ1n) is 39.5. The second-order valence-electron chi connectivity index (χ2n) is 35.1. The molecule has 20 heteroatoms. The van der Waals surface area contributed by atoms with Crippen LogP contribution in [-0.4, -0.2) is 190 Å². The average Bonchev–Trinajstić information content (AvgIpc) is 1.29. The molecule has 592 valence electrons. The predicted molar refractivity (Wildman–Crippen MR) is 399 cm³/mol. The highest BCUT2D eigenvalue weighted by Crippen LogP contribution is 2.67. The minimum atomic E-state index is -0.884. The molecule has 2 aromatic rings. The normalized spacial score (nSPS) is 41.0. The number of benzene rings is 2. The van der Waals surface area contributed by atoms with Gasteiger partial charge in [-0.3, -0.25) is 4.79 Å². The zero-order valence-electron chi connectivity index (χ0n) is 66.7. The molecule has 13 rings (SSSR count). The van der Waals surface area contributed by atoms with Crippen molar-refractivity contribution in [2.75, 3.05) is 33.0 Å². The number of carbonyl (C=O) groups is 2. The summed E-state index contributed by atoms with van der Waals surface area (Å²) in [5.74, 6) is 5.12. The van der Waals surface area contributed by atoms with Gasteiger partial charge in [0.15, 0.2) is 17.9 Å². The van der Waals surface area contributed by atoms with E-state index in [-0.39, 0.29) is 116 Å². The molecule has 28 atom stereocenters. The lowest BCUT2D eigenvalue weighted by molar-refractivity contribution is -0.318. The largest absolute Gasteiger partial charge is 0.444 e. The lowest BCUT2D eigenvalue weighted by Crippen LogP contribution is -2.57. The first kappa shape index (κ1) is 86.1. The number of nitrogens with one attached hydrogen (secondary N) is 1. The predicted octanol–water partition coefficient (Wildman–Crippen LogP) is 12.8. The third kappa shape index (κ3) is 21.1. The van der Waals surface area contributed by atoms with Crippen LogP contribution in [-0.2, 0) is 63.5 Å². The van der Waals surface area contributed by atoms with Crippen LogP contribution >= 0.6 is 0 Å². The summed E-state index contributed by atoms with van der Waals surface area (Å²) in [4.78, 5) is 22.0. The number of fused-ring (bicyclic) bond motifs is 9. The fourth-order valence-electron chi connectivity index (χ4n) is 18.6. The molecule has 7 heterocycles. The average molecular weight is 1470 g/mol. The summed E-state index contributed by atoms with van der Waals surface area (Å²) in [6.07, 6.45) is 12.1. The number of carbonyl (C=O) groups excluding carboxylic acids is 2. The number of hydrogen-bond donors (Lipinski definition) is 7. The number of Topliss-reactive ketones (excluding diaryl/α,β-unsaturated/α-hetero) is 1. The summed E-state index contributed by atoms with van der Waals surface area (Å²) < 4.78 is 63.3. The van der Waals surface area contributed by atoms with Gasteiger partial charge in [-0.15, -0.1) is 0 Å². The van der Waals surface area contributed by atoms with Crippen LogP contribution in [0.1, 0.15) is 220 Å². The second kappa shape index (κ2) is 37.0. The number of ketones is 1. The molecule has 4 aliphatic carbocycles. The van der Waals surface area contributed by atoms with Crippen LogP contribution in [0.2, 0.25) is 0 Å². The van der Waals surface area contributed by atoms with Crippen LogP contribution in [0.15, 0.2) is 72.3 Å². The van der Waals surface area contributed by atoms with Gasteiger partial charge in [0, 0.05) is 17.9 Å². The van der Waals surface area contributed by atoms with Gasteiger partial charge in [0.25, 0.3) is 0 Å². The van der Waals surface area contributed by atoms with Gasteiger partial charge in [0.05, 0.1) is 94.1 Å². The van der Waals surface area contributed by atoms with Gasteiger partial charge >= 0.3 is 6.09 Å². The van der Waals surface area contributed by atoms with Crippen molar-refractivity contribution < 1.29 is 92.3 Å². The Morgan fingerprint density at radius 1 is 0.625 bits per heavy atom. The maximum absolute atomic E-state index is 11.1. The Bertz CT molecular complexity index is 2970. The van der Waals surface area contributed by atoms with Gasteiger partial charge in [0.2, 0.25) is 0 Å². The van der Waals surface area contributed by atoms with E-state index < -0.39 is 48.6 Å². The van der Waals surface area contributed by atoms with Crippen molar-refractivity contribution in [1.82, 2.24) is 5.32 Å². The minimum Gasteiger partial charge on any atom is -0.444 e. The maximum Gasteiger partial charge on any atom is 0.408 e. The highest BCUT2D eigenvalue weighted by Gasteiger charge is 2.61. The molecule has 11 aliphatic rings. The van der Waals surface area contributed by atoms with Gasteiger partial charge in [-0.05, 0) is 197 Å².